The average Bonchev–Trinajstić information content (AvgIpc) is 2.34. The molecule has 0 aliphatic heterocycles. The normalized spacial score (nSPS) is 12.6. The van der Waals surface area contributed by atoms with E-state index in [0.29, 0.717) is 0 Å². The number of hydrogen-bond donors (Lipinski definition) is 2. The fraction of sp³-hybridized carbons (Fsp3) is 0.467. The summed E-state index contributed by atoms with van der Waals surface area (Å²) in [5.74, 6) is 0.476. The number of urea groups is 1. The summed E-state index contributed by atoms with van der Waals surface area (Å²) < 4.78 is 0. The monoisotopic (exact) mass is 294 g/mol. The van der Waals surface area contributed by atoms with Crippen molar-refractivity contribution < 1.29 is 9.59 Å². The molecular weight excluding hydrogens is 272 g/mol. The van der Waals surface area contributed by atoms with E-state index in [2.05, 4.69) is 10.6 Å². The number of carbonyl (C=O) groups excluding carboxylic acids is 2. The number of thioether (sulfide) groups is 1. The van der Waals surface area contributed by atoms with E-state index in [0.717, 1.165) is 11.3 Å². The molecule has 0 radical (unpaired) electrons. The van der Waals surface area contributed by atoms with Gasteiger partial charge in [-0.2, -0.15) is 0 Å². The van der Waals surface area contributed by atoms with Crippen LogP contribution in [0, 0.1) is 0 Å². The maximum Gasteiger partial charge on any atom is 0.321 e. The van der Waals surface area contributed by atoms with Gasteiger partial charge >= 0.3 is 6.03 Å². The van der Waals surface area contributed by atoms with E-state index in [1.54, 1.807) is 6.92 Å². The second-order valence-electron chi connectivity index (χ2n) is 5.63. The van der Waals surface area contributed by atoms with Gasteiger partial charge in [-0.1, -0.05) is 30.3 Å². The van der Waals surface area contributed by atoms with E-state index in [1.807, 2.05) is 51.1 Å². The molecule has 3 amide bonds. The first-order valence-electron chi connectivity index (χ1n) is 6.56. The molecule has 110 valence electrons. The average molecular weight is 294 g/mol. The van der Waals surface area contributed by atoms with Crippen molar-refractivity contribution in [2.24, 2.45) is 0 Å². The van der Waals surface area contributed by atoms with Crippen molar-refractivity contribution in [2.75, 3.05) is 0 Å². The highest BCUT2D eigenvalue weighted by atomic mass is 32.2. The fourth-order valence-electron chi connectivity index (χ4n) is 1.46. The molecule has 0 aliphatic carbocycles. The quantitative estimate of drug-likeness (QED) is 0.897. The summed E-state index contributed by atoms with van der Waals surface area (Å²) >= 11 is 1.51. The van der Waals surface area contributed by atoms with Gasteiger partial charge in [0.1, 0.15) is 0 Å². The molecule has 0 bridgehead atoms. The molecule has 0 spiro atoms. The number of carbonyl (C=O) groups is 2. The standard InChI is InChI=1S/C15H22N2O2S/c1-11(20-10-12-8-6-5-7-9-12)13(18)16-14(19)17-15(2,3)4/h5-9,11H,10H2,1-4H3,(H2,16,17,18,19)/t11-/m0/s1. The van der Waals surface area contributed by atoms with Crippen molar-refractivity contribution in [3.8, 4) is 0 Å². The SMILES string of the molecule is C[C@H](SCc1ccccc1)C(=O)NC(=O)NC(C)(C)C. The maximum absolute atomic E-state index is 11.9. The predicted octanol–water partition coefficient (Wildman–Crippen LogP) is 2.93. The lowest BCUT2D eigenvalue weighted by molar-refractivity contribution is -0.119. The molecule has 0 saturated heterocycles. The molecule has 1 aromatic rings. The maximum atomic E-state index is 11.9. The Morgan fingerprint density at radius 3 is 2.35 bits per heavy atom. The molecule has 5 heteroatoms. The summed E-state index contributed by atoms with van der Waals surface area (Å²) in [6.45, 7) is 7.40. The van der Waals surface area contributed by atoms with Crippen LogP contribution in [0.4, 0.5) is 4.79 Å². The van der Waals surface area contributed by atoms with Crippen LogP contribution < -0.4 is 10.6 Å². The Balaban J connectivity index is 2.38. The highest BCUT2D eigenvalue weighted by Gasteiger charge is 2.19. The molecule has 4 nitrogen and oxygen atoms in total. The second kappa shape index (κ2) is 7.33. The molecule has 1 rings (SSSR count). The number of benzene rings is 1. The molecule has 1 atom stereocenters. The third-order valence-electron chi connectivity index (χ3n) is 2.44. The number of nitrogens with one attached hydrogen (secondary N) is 2. The van der Waals surface area contributed by atoms with Crippen molar-refractivity contribution in [3.05, 3.63) is 35.9 Å². The first kappa shape index (κ1) is 16.6. The summed E-state index contributed by atoms with van der Waals surface area (Å²) in [5.41, 5.74) is 0.807. The van der Waals surface area contributed by atoms with Gasteiger partial charge in [0, 0.05) is 11.3 Å². The smallest absolute Gasteiger partial charge is 0.321 e. The Morgan fingerprint density at radius 1 is 1.20 bits per heavy atom. The van der Waals surface area contributed by atoms with Crippen molar-refractivity contribution in [2.45, 2.75) is 44.2 Å². The van der Waals surface area contributed by atoms with Gasteiger partial charge in [0.25, 0.3) is 0 Å². The number of rotatable bonds is 4. The minimum atomic E-state index is -0.449. The van der Waals surface area contributed by atoms with Crippen LogP contribution in [0.15, 0.2) is 30.3 Å². The Kier molecular flexibility index (Phi) is 6.07. The lowest BCUT2D eigenvalue weighted by Gasteiger charge is -2.21. The van der Waals surface area contributed by atoms with Crippen LogP contribution in [-0.2, 0) is 10.5 Å². The van der Waals surface area contributed by atoms with Crippen LogP contribution in [0.1, 0.15) is 33.3 Å². The summed E-state index contributed by atoms with van der Waals surface area (Å²) in [6.07, 6.45) is 0. The van der Waals surface area contributed by atoms with Gasteiger partial charge in [-0.05, 0) is 33.3 Å². The van der Waals surface area contributed by atoms with Crippen molar-refractivity contribution in [1.29, 1.82) is 0 Å². The van der Waals surface area contributed by atoms with Gasteiger partial charge in [0.05, 0.1) is 5.25 Å². The van der Waals surface area contributed by atoms with Crippen molar-refractivity contribution >= 4 is 23.7 Å². The van der Waals surface area contributed by atoms with Crippen LogP contribution >= 0.6 is 11.8 Å². The van der Waals surface area contributed by atoms with E-state index in [4.69, 9.17) is 0 Å². The van der Waals surface area contributed by atoms with Crippen LogP contribution in [0.5, 0.6) is 0 Å². The van der Waals surface area contributed by atoms with Crippen LogP contribution in [0.25, 0.3) is 0 Å². The first-order chi connectivity index (χ1) is 9.28. The van der Waals surface area contributed by atoms with Gasteiger partial charge in [-0.25, -0.2) is 4.79 Å². The summed E-state index contributed by atoms with van der Waals surface area (Å²) in [6, 6.07) is 9.48. The Labute approximate surface area is 124 Å². The van der Waals surface area contributed by atoms with E-state index in [-0.39, 0.29) is 16.7 Å². The van der Waals surface area contributed by atoms with Gasteiger partial charge in [0.2, 0.25) is 5.91 Å². The third kappa shape index (κ3) is 6.61. The Bertz CT molecular complexity index is 455. The van der Waals surface area contributed by atoms with Gasteiger partial charge in [0.15, 0.2) is 0 Å². The molecule has 0 heterocycles. The molecule has 0 unspecified atom stereocenters. The van der Waals surface area contributed by atoms with Crippen LogP contribution in [0.2, 0.25) is 0 Å². The van der Waals surface area contributed by atoms with Crippen LogP contribution in [0.3, 0.4) is 0 Å². The Morgan fingerprint density at radius 2 is 1.80 bits per heavy atom. The lowest BCUT2D eigenvalue weighted by Crippen LogP contribution is -2.49. The summed E-state index contributed by atoms with van der Waals surface area (Å²) in [7, 11) is 0. The van der Waals surface area contributed by atoms with Crippen molar-refractivity contribution in [3.63, 3.8) is 0 Å². The topological polar surface area (TPSA) is 58.2 Å². The van der Waals surface area contributed by atoms with E-state index < -0.39 is 6.03 Å². The minimum absolute atomic E-state index is 0.271. The number of hydrogen-bond acceptors (Lipinski definition) is 3. The van der Waals surface area contributed by atoms with Gasteiger partial charge in [-0.15, -0.1) is 11.8 Å². The van der Waals surface area contributed by atoms with Gasteiger partial charge in [-0.3, -0.25) is 10.1 Å². The second-order valence-corrected chi connectivity index (χ2v) is 6.96. The van der Waals surface area contributed by atoms with Gasteiger partial charge < -0.3 is 5.32 Å². The van der Waals surface area contributed by atoms with Crippen LogP contribution in [-0.4, -0.2) is 22.7 Å². The largest absolute Gasteiger partial charge is 0.333 e. The zero-order valence-electron chi connectivity index (χ0n) is 12.4. The summed E-state index contributed by atoms with van der Waals surface area (Å²) in [4.78, 5) is 23.5. The molecule has 0 saturated carbocycles. The molecule has 20 heavy (non-hydrogen) atoms. The number of amides is 3. The number of imide groups is 1. The molecule has 1 aromatic carbocycles. The zero-order chi connectivity index (χ0) is 15.2. The summed E-state index contributed by atoms with van der Waals surface area (Å²) in [5, 5.41) is 4.78. The fourth-order valence-corrected chi connectivity index (χ4v) is 2.30. The molecule has 0 fully saturated rings. The third-order valence-corrected chi connectivity index (χ3v) is 3.65. The predicted molar refractivity (Wildman–Crippen MR) is 83.6 cm³/mol. The highest BCUT2D eigenvalue weighted by Crippen LogP contribution is 2.17. The van der Waals surface area contributed by atoms with E-state index in [9.17, 15) is 9.59 Å². The zero-order valence-corrected chi connectivity index (χ0v) is 13.2. The molecular formula is C15H22N2O2S. The van der Waals surface area contributed by atoms with Crippen molar-refractivity contribution in [1.82, 2.24) is 10.6 Å². The Hall–Kier alpha value is -1.49. The minimum Gasteiger partial charge on any atom is -0.333 e. The first-order valence-corrected chi connectivity index (χ1v) is 7.61. The molecule has 0 aromatic heterocycles. The highest BCUT2D eigenvalue weighted by molar-refractivity contribution is 7.99. The lowest BCUT2D eigenvalue weighted by atomic mass is 10.1. The molecule has 0 aliphatic rings. The van der Waals surface area contributed by atoms with E-state index >= 15 is 0 Å². The molecule has 2 N–H and O–H groups in total. The van der Waals surface area contributed by atoms with E-state index in [1.165, 1.54) is 11.8 Å².